The number of nitrogens with one attached hydrogen (secondary N) is 2. The van der Waals surface area contributed by atoms with Crippen molar-refractivity contribution in [1.82, 2.24) is 0 Å². The average molecular weight is 399 g/mol. The number of carbonyl (C=O) groups is 2. The predicted molar refractivity (Wildman–Crippen MR) is 115 cm³/mol. The molecule has 0 bridgehead atoms. The van der Waals surface area contributed by atoms with Crippen molar-refractivity contribution in [3.63, 3.8) is 0 Å². The summed E-state index contributed by atoms with van der Waals surface area (Å²) in [5, 5.41) is 5.46. The van der Waals surface area contributed by atoms with Gasteiger partial charge in [0, 0.05) is 50.5 Å². The summed E-state index contributed by atoms with van der Waals surface area (Å²) in [7, 11) is 0. The van der Waals surface area contributed by atoms with Crippen LogP contribution in [0.25, 0.3) is 0 Å². The molecule has 2 aromatic carbocycles. The van der Waals surface area contributed by atoms with Crippen LogP contribution in [0.4, 0.5) is 11.4 Å². The number of nitrogens with two attached hydrogens (primary N) is 2. The Morgan fingerprint density at radius 1 is 0.759 bits per heavy atom. The van der Waals surface area contributed by atoms with Gasteiger partial charge in [-0.3, -0.25) is 9.59 Å². The second-order valence-corrected chi connectivity index (χ2v) is 7.01. The van der Waals surface area contributed by atoms with E-state index in [9.17, 15) is 9.59 Å². The third kappa shape index (κ3) is 8.03. The molecule has 2 aromatic rings. The van der Waals surface area contributed by atoms with Crippen LogP contribution in [-0.2, 0) is 14.3 Å². The summed E-state index contributed by atoms with van der Waals surface area (Å²) >= 11 is 0. The Bertz CT molecular complexity index is 723. The molecule has 7 heteroatoms. The standard InChI is InChI=1S/C22H30N4O3/c1-15(27)25-19-7-3-17(4-8-19)21(23)11-13-29-14-12-22(24)18-5-9-20(10-6-18)26-16(2)28/h3-10,21-22H,11-14,23-24H2,1-2H3,(H,25,27)(H,26,28). The minimum atomic E-state index is -0.128. The molecular weight excluding hydrogens is 368 g/mol. The molecule has 7 nitrogen and oxygen atoms in total. The molecule has 0 saturated carbocycles. The molecule has 29 heavy (non-hydrogen) atoms. The van der Waals surface area contributed by atoms with Gasteiger partial charge in [0.2, 0.25) is 11.8 Å². The van der Waals surface area contributed by atoms with Crippen molar-refractivity contribution >= 4 is 23.2 Å². The van der Waals surface area contributed by atoms with Crippen molar-refractivity contribution in [2.75, 3.05) is 23.8 Å². The average Bonchev–Trinajstić information content (AvgIpc) is 2.67. The number of rotatable bonds is 10. The maximum Gasteiger partial charge on any atom is 0.221 e. The van der Waals surface area contributed by atoms with Crippen LogP contribution in [0.1, 0.15) is 49.9 Å². The van der Waals surface area contributed by atoms with Gasteiger partial charge >= 0.3 is 0 Å². The highest BCUT2D eigenvalue weighted by molar-refractivity contribution is 5.89. The number of anilines is 2. The largest absolute Gasteiger partial charge is 0.381 e. The maximum absolute atomic E-state index is 11.1. The first-order valence-corrected chi connectivity index (χ1v) is 9.69. The summed E-state index contributed by atoms with van der Waals surface area (Å²) in [5.74, 6) is -0.199. The van der Waals surface area contributed by atoms with Crippen LogP contribution in [0.2, 0.25) is 0 Å². The van der Waals surface area contributed by atoms with Gasteiger partial charge in [-0.2, -0.15) is 0 Å². The highest BCUT2D eigenvalue weighted by atomic mass is 16.5. The zero-order valence-electron chi connectivity index (χ0n) is 17.0. The first-order chi connectivity index (χ1) is 13.8. The number of ether oxygens (including phenoxy) is 1. The number of carbonyl (C=O) groups excluding carboxylic acids is 2. The third-order valence-electron chi connectivity index (χ3n) is 4.46. The van der Waals surface area contributed by atoms with Crippen LogP contribution in [0.3, 0.4) is 0 Å². The lowest BCUT2D eigenvalue weighted by Crippen LogP contribution is -2.16. The second kappa shape index (κ2) is 11.3. The van der Waals surface area contributed by atoms with Crippen LogP contribution < -0.4 is 22.1 Å². The molecule has 2 rings (SSSR count). The molecule has 2 amide bonds. The van der Waals surface area contributed by atoms with Gasteiger partial charge in [0.25, 0.3) is 0 Å². The van der Waals surface area contributed by atoms with Crippen LogP contribution in [0, 0.1) is 0 Å². The first-order valence-electron chi connectivity index (χ1n) is 9.69. The zero-order valence-corrected chi connectivity index (χ0v) is 17.0. The van der Waals surface area contributed by atoms with Crippen LogP contribution in [-0.4, -0.2) is 25.0 Å². The molecule has 6 N–H and O–H groups in total. The number of amides is 2. The molecule has 0 fully saturated rings. The van der Waals surface area contributed by atoms with Gasteiger partial charge < -0.3 is 26.8 Å². The topological polar surface area (TPSA) is 119 Å². The molecule has 0 aromatic heterocycles. The molecular formula is C22H30N4O3. The Kier molecular flexibility index (Phi) is 8.79. The maximum atomic E-state index is 11.1. The van der Waals surface area contributed by atoms with Gasteiger partial charge in [-0.25, -0.2) is 0 Å². The fourth-order valence-electron chi connectivity index (χ4n) is 2.89. The summed E-state index contributed by atoms with van der Waals surface area (Å²) in [6, 6.07) is 14.8. The molecule has 0 aliphatic heterocycles. The SMILES string of the molecule is CC(=O)Nc1ccc(C(N)CCOCCC(N)c2ccc(NC(C)=O)cc2)cc1. The number of hydrogen-bond donors (Lipinski definition) is 4. The number of benzene rings is 2. The molecule has 0 spiro atoms. The van der Waals surface area contributed by atoms with E-state index >= 15 is 0 Å². The van der Waals surface area contributed by atoms with E-state index in [1.165, 1.54) is 13.8 Å². The molecule has 0 aliphatic carbocycles. The molecule has 2 atom stereocenters. The first kappa shape index (κ1) is 22.5. The van der Waals surface area contributed by atoms with Crippen LogP contribution >= 0.6 is 0 Å². The van der Waals surface area contributed by atoms with E-state index in [4.69, 9.17) is 16.2 Å². The van der Waals surface area contributed by atoms with Gasteiger partial charge in [-0.1, -0.05) is 24.3 Å². The van der Waals surface area contributed by atoms with Crippen molar-refractivity contribution in [3.05, 3.63) is 59.7 Å². The summed E-state index contributed by atoms with van der Waals surface area (Å²) in [4.78, 5) is 22.1. The van der Waals surface area contributed by atoms with E-state index in [2.05, 4.69) is 10.6 Å². The van der Waals surface area contributed by atoms with Crippen molar-refractivity contribution in [2.45, 2.75) is 38.8 Å². The van der Waals surface area contributed by atoms with Crippen molar-refractivity contribution in [2.24, 2.45) is 11.5 Å². The van der Waals surface area contributed by atoms with E-state index in [0.29, 0.717) is 26.1 Å². The second-order valence-electron chi connectivity index (χ2n) is 7.01. The number of hydrogen-bond acceptors (Lipinski definition) is 5. The Balaban J connectivity index is 1.68. The van der Waals surface area contributed by atoms with Crippen molar-refractivity contribution in [1.29, 1.82) is 0 Å². The molecule has 0 aliphatic rings. The van der Waals surface area contributed by atoms with E-state index in [1.807, 2.05) is 48.5 Å². The molecule has 0 heterocycles. The van der Waals surface area contributed by atoms with E-state index in [1.54, 1.807) is 0 Å². The third-order valence-corrected chi connectivity index (χ3v) is 4.46. The lowest BCUT2D eigenvalue weighted by atomic mass is 10.0. The van der Waals surface area contributed by atoms with Gasteiger partial charge in [-0.15, -0.1) is 0 Å². The molecule has 156 valence electrons. The highest BCUT2D eigenvalue weighted by Gasteiger charge is 2.09. The van der Waals surface area contributed by atoms with Gasteiger partial charge in [0.05, 0.1) is 0 Å². The molecule has 2 unspecified atom stereocenters. The Labute approximate surface area is 171 Å². The van der Waals surface area contributed by atoms with Crippen LogP contribution in [0.5, 0.6) is 0 Å². The fraction of sp³-hybridized carbons (Fsp3) is 0.364. The van der Waals surface area contributed by atoms with Gasteiger partial charge in [0.15, 0.2) is 0 Å². The van der Waals surface area contributed by atoms with Crippen LogP contribution in [0.15, 0.2) is 48.5 Å². The van der Waals surface area contributed by atoms with Crippen molar-refractivity contribution in [3.8, 4) is 0 Å². The minimum absolute atomic E-state index is 0.0997. The zero-order chi connectivity index (χ0) is 21.2. The monoisotopic (exact) mass is 398 g/mol. The van der Waals surface area contributed by atoms with Crippen molar-refractivity contribution < 1.29 is 14.3 Å². The van der Waals surface area contributed by atoms with Gasteiger partial charge in [0.1, 0.15) is 0 Å². The molecule has 0 radical (unpaired) electrons. The fourth-order valence-corrected chi connectivity index (χ4v) is 2.89. The summed E-state index contributed by atoms with van der Waals surface area (Å²) in [6.07, 6.45) is 1.39. The molecule has 0 saturated heterocycles. The van der Waals surface area contributed by atoms with Gasteiger partial charge in [-0.05, 0) is 48.2 Å². The summed E-state index contributed by atoms with van der Waals surface area (Å²) in [6.45, 7) is 4.04. The summed E-state index contributed by atoms with van der Waals surface area (Å²) < 4.78 is 5.70. The minimum Gasteiger partial charge on any atom is -0.381 e. The lowest BCUT2D eigenvalue weighted by Gasteiger charge is -2.15. The Morgan fingerprint density at radius 3 is 1.41 bits per heavy atom. The smallest absolute Gasteiger partial charge is 0.221 e. The predicted octanol–water partition coefficient (Wildman–Crippen LogP) is 3.10. The normalized spacial score (nSPS) is 12.8. The summed E-state index contributed by atoms with van der Waals surface area (Å²) in [5.41, 5.74) is 15.9. The Hall–Kier alpha value is -2.74. The quantitative estimate of drug-likeness (QED) is 0.459. The highest BCUT2D eigenvalue weighted by Crippen LogP contribution is 2.19. The Morgan fingerprint density at radius 2 is 1.10 bits per heavy atom. The van der Waals surface area contributed by atoms with E-state index in [0.717, 1.165) is 22.5 Å². The van der Waals surface area contributed by atoms with E-state index < -0.39 is 0 Å². The van der Waals surface area contributed by atoms with E-state index in [-0.39, 0.29) is 23.9 Å². The lowest BCUT2D eigenvalue weighted by molar-refractivity contribution is -0.115.